The number of ether oxygens (including phenoxy) is 1. The van der Waals surface area contributed by atoms with Crippen molar-refractivity contribution in [1.82, 2.24) is 0 Å². The van der Waals surface area contributed by atoms with Crippen molar-refractivity contribution in [3.63, 3.8) is 0 Å². The Morgan fingerprint density at radius 1 is 1.19 bits per heavy atom. The van der Waals surface area contributed by atoms with Crippen LogP contribution in [-0.2, 0) is 0 Å². The van der Waals surface area contributed by atoms with E-state index in [9.17, 15) is 4.79 Å². The van der Waals surface area contributed by atoms with Crippen molar-refractivity contribution in [2.24, 2.45) is 0 Å². The molecule has 0 aliphatic rings. The molecule has 3 nitrogen and oxygen atoms in total. The molecule has 0 aliphatic heterocycles. The van der Waals surface area contributed by atoms with Gasteiger partial charge in [-0.2, -0.15) is 0 Å². The van der Waals surface area contributed by atoms with Crippen LogP contribution in [0.4, 0.5) is 5.69 Å². The summed E-state index contributed by atoms with van der Waals surface area (Å²) in [5, 5.41) is 2.87. The molecule has 2 aromatic carbocycles. The second kappa shape index (κ2) is 6.75. The third-order valence-corrected chi connectivity index (χ3v) is 2.89. The van der Waals surface area contributed by atoms with Crippen molar-refractivity contribution in [2.75, 3.05) is 11.9 Å². The highest BCUT2D eigenvalue weighted by molar-refractivity contribution is 6.04. The van der Waals surface area contributed by atoms with E-state index in [1.54, 1.807) is 18.2 Å². The van der Waals surface area contributed by atoms with E-state index in [2.05, 4.69) is 11.9 Å². The van der Waals surface area contributed by atoms with E-state index in [0.29, 0.717) is 17.9 Å². The highest BCUT2D eigenvalue weighted by Crippen LogP contribution is 2.16. The van der Waals surface area contributed by atoms with Crippen LogP contribution < -0.4 is 10.1 Å². The summed E-state index contributed by atoms with van der Waals surface area (Å²) in [6.45, 7) is 8.14. The second-order valence-corrected chi connectivity index (χ2v) is 5.09. The van der Waals surface area contributed by atoms with Gasteiger partial charge in [0.1, 0.15) is 12.4 Å². The second-order valence-electron chi connectivity index (χ2n) is 5.09. The number of hydrogen-bond donors (Lipinski definition) is 1. The molecule has 0 unspecified atom stereocenters. The zero-order valence-electron chi connectivity index (χ0n) is 12.3. The zero-order valence-corrected chi connectivity index (χ0v) is 12.3. The summed E-state index contributed by atoms with van der Waals surface area (Å²) in [6, 6.07) is 14.8. The molecule has 21 heavy (non-hydrogen) atoms. The largest absolute Gasteiger partial charge is 0.489 e. The van der Waals surface area contributed by atoms with Crippen LogP contribution in [0.25, 0.3) is 0 Å². The van der Waals surface area contributed by atoms with Crippen LogP contribution in [0.15, 0.2) is 60.7 Å². The Morgan fingerprint density at radius 3 is 2.57 bits per heavy atom. The molecular formula is C18H19NO2. The van der Waals surface area contributed by atoms with Crippen LogP contribution in [0.2, 0.25) is 0 Å². The quantitative estimate of drug-likeness (QED) is 0.834. The smallest absolute Gasteiger partial charge is 0.255 e. The number of nitrogens with one attached hydrogen (secondary N) is 1. The Balaban J connectivity index is 2.06. The lowest BCUT2D eigenvalue weighted by atomic mass is 10.2. The van der Waals surface area contributed by atoms with Crippen LogP contribution in [0.1, 0.15) is 22.8 Å². The number of amides is 1. The molecular weight excluding hydrogens is 262 g/mol. The molecule has 0 atom stereocenters. The first-order valence-corrected chi connectivity index (χ1v) is 6.80. The molecule has 0 saturated carbocycles. The highest BCUT2D eigenvalue weighted by atomic mass is 16.5. The van der Waals surface area contributed by atoms with Crippen molar-refractivity contribution < 1.29 is 9.53 Å². The number of benzene rings is 2. The zero-order chi connectivity index (χ0) is 15.2. The number of hydrogen-bond acceptors (Lipinski definition) is 2. The third kappa shape index (κ3) is 4.49. The van der Waals surface area contributed by atoms with Gasteiger partial charge >= 0.3 is 0 Å². The fourth-order valence-electron chi connectivity index (χ4n) is 1.77. The topological polar surface area (TPSA) is 38.3 Å². The van der Waals surface area contributed by atoms with Crippen molar-refractivity contribution >= 4 is 11.6 Å². The van der Waals surface area contributed by atoms with Gasteiger partial charge in [0.2, 0.25) is 0 Å². The standard InChI is InChI=1S/C18H19NO2/c1-13(2)12-21-17-6-4-5-15(11-17)18(20)19-16-9-7-14(3)8-10-16/h4-11H,1,12H2,2-3H3,(H,19,20). The van der Waals surface area contributed by atoms with E-state index < -0.39 is 0 Å². The van der Waals surface area contributed by atoms with Gasteiger partial charge in [-0.1, -0.05) is 30.3 Å². The van der Waals surface area contributed by atoms with E-state index in [-0.39, 0.29) is 5.91 Å². The molecule has 3 heteroatoms. The van der Waals surface area contributed by atoms with Gasteiger partial charge in [-0.15, -0.1) is 0 Å². The van der Waals surface area contributed by atoms with Gasteiger partial charge in [-0.25, -0.2) is 0 Å². The maximum atomic E-state index is 12.2. The minimum absolute atomic E-state index is 0.153. The fourth-order valence-corrected chi connectivity index (χ4v) is 1.77. The van der Waals surface area contributed by atoms with Gasteiger partial charge in [0, 0.05) is 11.3 Å². The van der Waals surface area contributed by atoms with Gasteiger partial charge in [0.05, 0.1) is 0 Å². The number of carbonyl (C=O) groups is 1. The maximum absolute atomic E-state index is 12.2. The molecule has 0 saturated heterocycles. The minimum Gasteiger partial charge on any atom is -0.489 e. The first kappa shape index (κ1) is 14.9. The average Bonchev–Trinajstić information content (AvgIpc) is 2.48. The molecule has 1 amide bonds. The van der Waals surface area contributed by atoms with Gasteiger partial charge in [-0.05, 0) is 49.8 Å². The van der Waals surface area contributed by atoms with Crippen molar-refractivity contribution in [2.45, 2.75) is 13.8 Å². The molecule has 0 bridgehead atoms. The third-order valence-electron chi connectivity index (χ3n) is 2.89. The first-order chi connectivity index (χ1) is 10.0. The van der Waals surface area contributed by atoms with E-state index in [1.165, 1.54) is 0 Å². The lowest BCUT2D eigenvalue weighted by Crippen LogP contribution is -2.12. The molecule has 108 valence electrons. The molecule has 0 heterocycles. The van der Waals surface area contributed by atoms with E-state index in [1.807, 2.05) is 44.2 Å². The summed E-state index contributed by atoms with van der Waals surface area (Å²) in [4.78, 5) is 12.2. The SMILES string of the molecule is C=C(C)COc1cccc(C(=O)Nc2ccc(C)cc2)c1. The average molecular weight is 281 g/mol. The van der Waals surface area contributed by atoms with Crippen molar-refractivity contribution in [1.29, 1.82) is 0 Å². The summed E-state index contributed by atoms with van der Waals surface area (Å²) in [5.74, 6) is 0.509. The molecule has 0 aliphatic carbocycles. The highest BCUT2D eigenvalue weighted by Gasteiger charge is 2.07. The predicted molar refractivity (Wildman–Crippen MR) is 85.9 cm³/mol. The monoisotopic (exact) mass is 281 g/mol. The first-order valence-electron chi connectivity index (χ1n) is 6.80. The summed E-state index contributed by atoms with van der Waals surface area (Å²) < 4.78 is 5.54. The molecule has 0 aromatic heterocycles. The Kier molecular flexibility index (Phi) is 4.77. The Labute approximate surface area is 125 Å². The predicted octanol–water partition coefficient (Wildman–Crippen LogP) is 4.20. The number of carbonyl (C=O) groups excluding carboxylic acids is 1. The van der Waals surface area contributed by atoms with Crippen LogP contribution in [0.3, 0.4) is 0 Å². The van der Waals surface area contributed by atoms with Gasteiger partial charge < -0.3 is 10.1 Å². The summed E-state index contributed by atoms with van der Waals surface area (Å²) in [5.41, 5.74) is 3.43. The minimum atomic E-state index is -0.153. The number of anilines is 1. The van der Waals surface area contributed by atoms with Gasteiger partial charge in [0.25, 0.3) is 5.91 Å². The van der Waals surface area contributed by atoms with E-state index in [4.69, 9.17) is 4.74 Å². The summed E-state index contributed by atoms with van der Waals surface area (Å²) in [7, 11) is 0. The van der Waals surface area contributed by atoms with Crippen LogP contribution >= 0.6 is 0 Å². The lowest BCUT2D eigenvalue weighted by molar-refractivity contribution is 0.102. The summed E-state index contributed by atoms with van der Waals surface area (Å²) in [6.07, 6.45) is 0. The van der Waals surface area contributed by atoms with Crippen LogP contribution in [0.5, 0.6) is 5.75 Å². The van der Waals surface area contributed by atoms with Crippen molar-refractivity contribution in [3.05, 3.63) is 71.8 Å². The van der Waals surface area contributed by atoms with Crippen molar-refractivity contribution in [3.8, 4) is 5.75 Å². The molecule has 1 N–H and O–H groups in total. The molecule has 2 aromatic rings. The Hall–Kier alpha value is -2.55. The van der Waals surface area contributed by atoms with E-state index >= 15 is 0 Å². The Bertz CT molecular complexity index is 645. The summed E-state index contributed by atoms with van der Waals surface area (Å²) >= 11 is 0. The lowest BCUT2D eigenvalue weighted by Gasteiger charge is -2.09. The molecule has 2 rings (SSSR count). The fraction of sp³-hybridized carbons (Fsp3) is 0.167. The van der Waals surface area contributed by atoms with Gasteiger partial charge in [-0.3, -0.25) is 4.79 Å². The molecule has 0 radical (unpaired) electrons. The van der Waals surface area contributed by atoms with Crippen LogP contribution in [-0.4, -0.2) is 12.5 Å². The van der Waals surface area contributed by atoms with Crippen LogP contribution in [0, 0.1) is 6.92 Å². The Morgan fingerprint density at radius 2 is 1.90 bits per heavy atom. The number of rotatable bonds is 5. The normalized spacial score (nSPS) is 10.0. The van der Waals surface area contributed by atoms with Gasteiger partial charge in [0.15, 0.2) is 0 Å². The number of aryl methyl sites for hydroxylation is 1. The maximum Gasteiger partial charge on any atom is 0.255 e. The molecule has 0 fully saturated rings. The molecule has 0 spiro atoms. The van der Waals surface area contributed by atoms with E-state index in [0.717, 1.165) is 16.8 Å².